The number of pyridine rings is 1. The topological polar surface area (TPSA) is 57.8 Å². The van der Waals surface area contributed by atoms with Crippen molar-refractivity contribution in [3.05, 3.63) is 28.2 Å². The van der Waals surface area contributed by atoms with Crippen LogP contribution in [0.5, 0.6) is 0 Å². The second kappa shape index (κ2) is 5.05. The highest BCUT2D eigenvalue weighted by Gasteiger charge is 2.16. The molecule has 0 bridgehead atoms. The van der Waals surface area contributed by atoms with Crippen LogP contribution in [0.4, 0.5) is 5.69 Å². The first-order chi connectivity index (χ1) is 8.22. The molecule has 0 aliphatic heterocycles. The lowest BCUT2D eigenvalue weighted by molar-refractivity contribution is 0.462. The fourth-order valence-corrected chi connectivity index (χ4v) is 2.32. The zero-order valence-electron chi connectivity index (χ0n) is 10.1. The molecule has 0 unspecified atom stereocenters. The number of hydrogen-bond donors (Lipinski definition) is 1. The molecule has 0 aromatic carbocycles. The van der Waals surface area contributed by atoms with Gasteiger partial charge in [-0.1, -0.05) is 19.3 Å². The molecule has 1 aliphatic rings. The fraction of sp³-hybridized carbons (Fsp3) is 0.538. The normalized spacial score (nSPS) is 16.5. The summed E-state index contributed by atoms with van der Waals surface area (Å²) in [6.07, 6.45) is 7.70. The van der Waals surface area contributed by atoms with E-state index in [-0.39, 0.29) is 11.1 Å². The van der Waals surface area contributed by atoms with E-state index in [0.29, 0.717) is 11.7 Å². The van der Waals surface area contributed by atoms with Gasteiger partial charge in [-0.2, -0.15) is 5.26 Å². The summed E-state index contributed by atoms with van der Waals surface area (Å²) in [5.41, 5.74) is 0.677. The highest BCUT2D eigenvalue weighted by atomic mass is 16.1. The Morgan fingerprint density at radius 3 is 2.76 bits per heavy atom. The number of nitrogens with zero attached hydrogens (tertiary/aromatic N) is 2. The van der Waals surface area contributed by atoms with E-state index in [4.69, 9.17) is 5.26 Å². The number of aryl methyl sites for hydroxylation is 1. The minimum absolute atomic E-state index is 0.223. The van der Waals surface area contributed by atoms with Crippen LogP contribution in [0.3, 0.4) is 0 Å². The van der Waals surface area contributed by atoms with E-state index < -0.39 is 0 Å². The van der Waals surface area contributed by atoms with Crippen molar-refractivity contribution in [1.82, 2.24) is 4.57 Å². The molecule has 17 heavy (non-hydrogen) atoms. The Morgan fingerprint density at radius 1 is 1.41 bits per heavy atom. The second-order valence-corrected chi connectivity index (χ2v) is 4.61. The number of nitriles is 1. The van der Waals surface area contributed by atoms with Gasteiger partial charge in [-0.3, -0.25) is 4.79 Å². The van der Waals surface area contributed by atoms with Crippen LogP contribution in [0.25, 0.3) is 0 Å². The zero-order valence-corrected chi connectivity index (χ0v) is 10.1. The molecule has 1 fully saturated rings. The highest BCUT2D eigenvalue weighted by Crippen LogP contribution is 2.22. The predicted octanol–water partition coefficient (Wildman–Crippen LogP) is 2.00. The fourth-order valence-electron chi connectivity index (χ4n) is 2.32. The maximum Gasteiger partial charge on any atom is 0.270 e. The van der Waals surface area contributed by atoms with Gasteiger partial charge in [0.05, 0.1) is 5.69 Å². The molecule has 0 spiro atoms. The van der Waals surface area contributed by atoms with Gasteiger partial charge in [-0.15, -0.1) is 0 Å². The first kappa shape index (κ1) is 11.7. The van der Waals surface area contributed by atoms with Crippen molar-refractivity contribution >= 4 is 5.69 Å². The van der Waals surface area contributed by atoms with Crippen molar-refractivity contribution < 1.29 is 0 Å². The van der Waals surface area contributed by atoms with Crippen molar-refractivity contribution in [2.24, 2.45) is 7.05 Å². The molecule has 1 aromatic heterocycles. The summed E-state index contributed by atoms with van der Waals surface area (Å²) in [5.74, 6) is 0. The van der Waals surface area contributed by atoms with E-state index in [0.717, 1.165) is 12.8 Å². The average molecular weight is 231 g/mol. The number of aromatic nitrogens is 1. The van der Waals surface area contributed by atoms with Gasteiger partial charge in [0.2, 0.25) is 0 Å². The van der Waals surface area contributed by atoms with E-state index in [1.54, 1.807) is 13.2 Å². The van der Waals surface area contributed by atoms with Crippen LogP contribution in [0.1, 0.15) is 37.7 Å². The number of anilines is 1. The Bertz CT molecular complexity index is 492. The first-order valence-electron chi connectivity index (χ1n) is 6.08. The summed E-state index contributed by atoms with van der Waals surface area (Å²) in [5, 5.41) is 12.4. The molecule has 1 aromatic rings. The molecule has 0 atom stereocenters. The Labute approximate surface area is 101 Å². The smallest absolute Gasteiger partial charge is 0.270 e. The molecule has 0 amide bonds. The van der Waals surface area contributed by atoms with Crippen LogP contribution < -0.4 is 10.9 Å². The molecule has 1 aliphatic carbocycles. The molecule has 4 heteroatoms. The second-order valence-electron chi connectivity index (χ2n) is 4.61. The highest BCUT2D eigenvalue weighted by molar-refractivity contribution is 5.56. The van der Waals surface area contributed by atoms with Crippen LogP contribution in [0, 0.1) is 11.3 Å². The van der Waals surface area contributed by atoms with Crippen molar-refractivity contribution in [3.63, 3.8) is 0 Å². The molecule has 0 saturated heterocycles. The Kier molecular flexibility index (Phi) is 3.48. The van der Waals surface area contributed by atoms with Crippen LogP contribution in [0.15, 0.2) is 17.1 Å². The van der Waals surface area contributed by atoms with Gasteiger partial charge in [0.1, 0.15) is 11.6 Å². The summed E-state index contributed by atoms with van der Waals surface area (Å²) < 4.78 is 1.44. The molecular formula is C13H17N3O. The lowest BCUT2D eigenvalue weighted by Gasteiger charge is -2.24. The third-order valence-electron chi connectivity index (χ3n) is 3.34. The Balaban J connectivity index is 2.24. The van der Waals surface area contributed by atoms with Crippen LogP contribution in [-0.2, 0) is 7.05 Å². The first-order valence-corrected chi connectivity index (χ1v) is 6.08. The largest absolute Gasteiger partial charge is 0.381 e. The molecule has 1 N–H and O–H groups in total. The molecule has 0 radical (unpaired) electrons. The maximum atomic E-state index is 11.8. The van der Waals surface area contributed by atoms with E-state index in [2.05, 4.69) is 5.32 Å². The van der Waals surface area contributed by atoms with Crippen molar-refractivity contribution in [1.29, 1.82) is 5.26 Å². The summed E-state index contributed by atoms with van der Waals surface area (Å²) >= 11 is 0. The van der Waals surface area contributed by atoms with Gasteiger partial charge in [0, 0.05) is 19.3 Å². The molecule has 1 saturated carbocycles. The lowest BCUT2D eigenvalue weighted by Crippen LogP contribution is -2.26. The summed E-state index contributed by atoms with van der Waals surface area (Å²) in [6.45, 7) is 0. The number of hydrogen-bond acceptors (Lipinski definition) is 3. The maximum absolute atomic E-state index is 11.8. The third kappa shape index (κ3) is 2.50. The van der Waals surface area contributed by atoms with Crippen molar-refractivity contribution in [2.75, 3.05) is 5.32 Å². The molecular weight excluding hydrogens is 214 g/mol. The minimum Gasteiger partial charge on any atom is -0.381 e. The zero-order chi connectivity index (χ0) is 12.3. The number of rotatable bonds is 2. The van der Waals surface area contributed by atoms with Gasteiger partial charge in [-0.25, -0.2) is 0 Å². The molecule has 90 valence electrons. The minimum atomic E-state index is -0.228. The van der Waals surface area contributed by atoms with E-state index in [9.17, 15) is 4.79 Å². The Hall–Kier alpha value is -1.76. The van der Waals surface area contributed by atoms with Gasteiger partial charge in [0.25, 0.3) is 5.56 Å². The van der Waals surface area contributed by atoms with Crippen LogP contribution in [0.2, 0.25) is 0 Å². The van der Waals surface area contributed by atoms with Crippen LogP contribution in [-0.4, -0.2) is 10.6 Å². The third-order valence-corrected chi connectivity index (χ3v) is 3.34. The lowest BCUT2D eigenvalue weighted by atomic mass is 9.95. The molecule has 2 rings (SSSR count). The molecule has 1 heterocycles. The summed E-state index contributed by atoms with van der Waals surface area (Å²) in [6, 6.07) is 4.22. The molecule has 4 nitrogen and oxygen atoms in total. The quantitative estimate of drug-likeness (QED) is 0.847. The van der Waals surface area contributed by atoms with E-state index in [1.807, 2.05) is 12.1 Å². The number of nitrogens with one attached hydrogen (secondary N) is 1. The SMILES string of the molecule is Cn1ccc(NC2CCCCC2)c(C#N)c1=O. The van der Waals surface area contributed by atoms with Gasteiger partial charge < -0.3 is 9.88 Å². The van der Waals surface area contributed by atoms with E-state index >= 15 is 0 Å². The standard InChI is InChI=1S/C13H17N3O/c1-16-8-7-12(11(9-14)13(16)17)15-10-5-3-2-4-6-10/h7-8,10,15H,2-6H2,1H3. The van der Waals surface area contributed by atoms with Gasteiger partial charge >= 0.3 is 0 Å². The Morgan fingerprint density at radius 2 is 2.12 bits per heavy atom. The summed E-state index contributed by atoms with van der Waals surface area (Å²) in [4.78, 5) is 11.8. The van der Waals surface area contributed by atoms with Gasteiger partial charge in [0.15, 0.2) is 0 Å². The predicted molar refractivity (Wildman–Crippen MR) is 66.9 cm³/mol. The van der Waals surface area contributed by atoms with Crippen LogP contribution >= 0.6 is 0 Å². The average Bonchev–Trinajstić information content (AvgIpc) is 2.36. The summed E-state index contributed by atoms with van der Waals surface area (Å²) in [7, 11) is 1.66. The van der Waals surface area contributed by atoms with Gasteiger partial charge in [-0.05, 0) is 18.9 Å². The van der Waals surface area contributed by atoms with E-state index in [1.165, 1.54) is 23.8 Å². The van der Waals surface area contributed by atoms with Crippen molar-refractivity contribution in [3.8, 4) is 6.07 Å². The van der Waals surface area contributed by atoms with Crippen molar-refractivity contribution in [2.45, 2.75) is 38.1 Å². The monoisotopic (exact) mass is 231 g/mol.